The Hall–Kier alpha value is -2.78. The molecule has 0 spiro atoms. The van der Waals surface area contributed by atoms with E-state index in [1.54, 1.807) is 23.5 Å². The second-order valence-electron chi connectivity index (χ2n) is 5.30. The van der Waals surface area contributed by atoms with Crippen LogP contribution in [0, 0.1) is 0 Å². The number of carboxylic acids is 1. The second-order valence-corrected chi connectivity index (χ2v) is 6.39. The Bertz CT molecular complexity index is 1000. The molecule has 0 saturated heterocycles. The molecule has 0 N–H and O–H groups in total. The molecule has 1 heterocycles. The largest absolute Gasteiger partial charge is 0.545 e. The summed E-state index contributed by atoms with van der Waals surface area (Å²) in [4.78, 5) is 11.6. The van der Waals surface area contributed by atoms with Crippen LogP contribution in [-0.4, -0.2) is 5.97 Å². The number of fused-ring (bicyclic) bond motifs is 2. The van der Waals surface area contributed by atoms with Gasteiger partial charge in [-0.3, -0.25) is 0 Å². The molecular formula is C20H12O2S. The number of carbonyl (C=O) groups is 1. The first-order valence-corrected chi connectivity index (χ1v) is 8.12. The van der Waals surface area contributed by atoms with E-state index in [0.717, 1.165) is 25.7 Å². The van der Waals surface area contributed by atoms with Gasteiger partial charge in [-0.15, -0.1) is 0 Å². The van der Waals surface area contributed by atoms with Gasteiger partial charge in [-0.25, -0.2) is 0 Å². The molecule has 0 unspecified atom stereocenters. The van der Waals surface area contributed by atoms with E-state index in [2.05, 4.69) is 12.1 Å². The molecule has 4 rings (SSSR count). The van der Waals surface area contributed by atoms with Crippen LogP contribution in [0.3, 0.4) is 0 Å². The summed E-state index contributed by atoms with van der Waals surface area (Å²) in [7, 11) is 0. The van der Waals surface area contributed by atoms with Crippen LogP contribution in [0.25, 0.3) is 31.3 Å². The van der Waals surface area contributed by atoms with Gasteiger partial charge in [0.25, 0.3) is 0 Å². The first-order chi connectivity index (χ1) is 11.3. The van der Waals surface area contributed by atoms with Crippen LogP contribution >= 0.6 is 11.3 Å². The Morgan fingerprint density at radius 3 is 1.87 bits per heavy atom. The van der Waals surface area contributed by atoms with Crippen molar-refractivity contribution in [3.63, 3.8) is 0 Å². The summed E-state index contributed by atoms with van der Waals surface area (Å²) >= 11 is 1.71. The predicted octanol–water partition coefficient (Wildman–Crippen LogP) is 4.37. The van der Waals surface area contributed by atoms with Crippen molar-refractivity contribution in [2.24, 2.45) is 0 Å². The van der Waals surface area contributed by atoms with Gasteiger partial charge in [-0.1, -0.05) is 48.5 Å². The van der Waals surface area contributed by atoms with E-state index in [-0.39, 0.29) is 5.56 Å². The van der Waals surface area contributed by atoms with Crippen LogP contribution in [0.15, 0.2) is 72.8 Å². The van der Waals surface area contributed by atoms with Crippen molar-refractivity contribution in [2.75, 3.05) is 0 Å². The minimum atomic E-state index is -1.15. The first-order valence-electron chi connectivity index (χ1n) is 7.30. The van der Waals surface area contributed by atoms with Gasteiger partial charge in [0, 0.05) is 34.0 Å². The summed E-state index contributed by atoms with van der Waals surface area (Å²) in [6.07, 6.45) is 0. The highest BCUT2D eigenvalue weighted by Crippen LogP contribution is 2.40. The third-order valence-electron chi connectivity index (χ3n) is 3.95. The van der Waals surface area contributed by atoms with Gasteiger partial charge in [0.2, 0.25) is 20.7 Å². The lowest BCUT2D eigenvalue weighted by atomic mass is 9.94. The van der Waals surface area contributed by atoms with Gasteiger partial charge in [-0.05, 0) is 17.7 Å². The normalized spacial score (nSPS) is 11.0. The standard InChI is InChI=1S/C20H12O2S/c21-20(22)14-8-2-1-7-13(14)19-15-9-3-5-11-17(15)23-18-12-6-4-10-16(18)19/h1-12H. The van der Waals surface area contributed by atoms with Crippen LogP contribution in [0.5, 0.6) is 0 Å². The summed E-state index contributed by atoms with van der Waals surface area (Å²) in [6.45, 7) is 0. The fourth-order valence-corrected chi connectivity index (χ4v) is 4.05. The number of carbonyl (C=O) groups excluding carboxylic acids is 1. The maximum atomic E-state index is 11.6. The van der Waals surface area contributed by atoms with Gasteiger partial charge in [0.15, 0.2) is 0 Å². The van der Waals surface area contributed by atoms with Crippen LogP contribution < -0.4 is 5.11 Å². The molecule has 0 radical (unpaired) electrons. The zero-order chi connectivity index (χ0) is 15.8. The average molecular weight is 316 g/mol. The summed E-state index contributed by atoms with van der Waals surface area (Å²) < 4.78 is 2.27. The number of hydrogen-bond donors (Lipinski definition) is 0. The van der Waals surface area contributed by atoms with Crippen molar-refractivity contribution < 1.29 is 9.90 Å². The maximum absolute atomic E-state index is 11.6. The molecule has 0 aliphatic rings. The van der Waals surface area contributed by atoms with Gasteiger partial charge < -0.3 is 9.90 Å². The monoisotopic (exact) mass is 316 g/mol. The molecule has 3 aromatic carbocycles. The molecule has 0 fully saturated rings. The minimum Gasteiger partial charge on any atom is -0.545 e. The SMILES string of the molecule is O=C([O-])c1ccccc1-c1c2ccccc2[s+]c2ccccc12. The average Bonchev–Trinajstić information content (AvgIpc) is 2.59. The zero-order valence-corrected chi connectivity index (χ0v) is 13.0. The summed E-state index contributed by atoms with van der Waals surface area (Å²) in [6, 6.07) is 23.2. The van der Waals surface area contributed by atoms with Crippen molar-refractivity contribution in [1.82, 2.24) is 0 Å². The van der Waals surface area contributed by atoms with Crippen molar-refractivity contribution >= 4 is 37.5 Å². The Labute approximate surface area is 137 Å². The zero-order valence-electron chi connectivity index (χ0n) is 12.2. The second kappa shape index (κ2) is 5.45. The lowest BCUT2D eigenvalue weighted by Crippen LogP contribution is -2.23. The van der Waals surface area contributed by atoms with Gasteiger partial charge in [-0.2, -0.15) is 0 Å². The van der Waals surface area contributed by atoms with Crippen molar-refractivity contribution in [2.45, 2.75) is 0 Å². The topological polar surface area (TPSA) is 40.1 Å². The molecule has 0 bridgehead atoms. The van der Waals surface area contributed by atoms with E-state index in [1.807, 2.05) is 48.5 Å². The third-order valence-corrected chi connectivity index (χ3v) is 5.10. The number of hydrogen-bond acceptors (Lipinski definition) is 2. The van der Waals surface area contributed by atoms with E-state index in [4.69, 9.17) is 0 Å². The van der Waals surface area contributed by atoms with E-state index in [9.17, 15) is 9.90 Å². The lowest BCUT2D eigenvalue weighted by molar-refractivity contribution is -0.254. The van der Waals surface area contributed by atoms with E-state index < -0.39 is 5.97 Å². The molecule has 1 aromatic heterocycles. The van der Waals surface area contributed by atoms with Gasteiger partial charge >= 0.3 is 0 Å². The Morgan fingerprint density at radius 1 is 0.739 bits per heavy atom. The quantitative estimate of drug-likeness (QED) is 0.407. The molecule has 0 saturated carbocycles. The smallest absolute Gasteiger partial charge is 0.239 e. The summed E-state index contributed by atoms with van der Waals surface area (Å²) in [5, 5.41) is 13.7. The van der Waals surface area contributed by atoms with Crippen molar-refractivity contribution in [1.29, 1.82) is 0 Å². The van der Waals surface area contributed by atoms with Crippen molar-refractivity contribution in [3.8, 4) is 11.1 Å². The lowest BCUT2D eigenvalue weighted by Gasteiger charge is -2.12. The fraction of sp³-hybridized carbons (Fsp3) is 0. The van der Waals surface area contributed by atoms with E-state index in [1.165, 1.54) is 0 Å². The van der Waals surface area contributed by atoms with Gasteiger partial charge in [0.1, 0.15) is 0 Å². The molecule has 110 valence electrons. The van der Waals surface area contributed by atoms with Crippen LogP contribution in [-0.2, 0) is 0 Å². The third kappa shape index (κ3) is 2.26. The summed E-state index contributed by atoms with van der Waals surface area (Å²) in [5.74, 6) is -1.15. The molecule has 0 amide bonds. The number of benzene rings is 3. The van der Waals surface area contributed by atoms with Crippen LogP contribution in [0.1, 0.15) is 10.4 Å². The van der Waals surface area contributed by atoms with Crippen molar-refractivity contribution in [3.05, 3.63) is 78.4 Å². The highest BCUT2D eigenvalue weighted by atomic mass is 32.1. The number of rotatable bonds is 2. The number of aromatic carboxylic acids is 1. The Morgan fingerprint density at radius 2 is 1.26 bits per heavy atom. The minimum absolute atomic E-state index is 0.221. The molecule has 0 aliphatic carbocycles. The first kappa shape index (κ1) is 13.9. The van der Waals surface area contributed by atoms with Gasteiger partial charge in [0.05, 0.1) is 5.97 Å². The van der Waals surface area contributed by atoms with E-state index in [0.29, 0.717) is 5.56 Å². The van der Waals surface area contributed by atoms with Crippen LogP contribution in [0.2, 0.25) is 0 Å². The maximum Gasteiger partial charge on any atom is 0.239 e. The summed E-state index contributed by atoms with van der Waals surface area (Å²) in [5.41, 5.74) is 1.88. The Kier molecular flexibility index (Phi) is 3.28. The highest BCUT2D eigenvalue weighted by molar-refractivity contribution is 7.24. The molecule has 4 aromatic rings. The number of carboxylic acid groups (broad SMARTS) is 1. The fourth-order valence-electron chi connectivity index (χ4n) is 2.96. The Balaban J connectivity index is 2.23. The molecule has 23 heavy (non-hydrogen) atoms. The highest BCUT2D eigenvalue weighted by Gasteiger charge is 2.19. The molecule has 0 atom stereocenters. The van der Waals surface area contributed by atoms with Crippen LogP contribution in [0.4, 0.5) is 0 Å². The van der Waals surface area contributed by atoms with E-state index >= 15 is 0 Å². The molecule has 3 heteroatoms. The molecular weight excluding hydrogens is 304 g/mol. The molecule has 2 nitrogen and oxygen atoms in total. The molecule has 0 aliphatic heterocycles. The predicted molar refractivity (Wildman–Crippen MR) is 93.5 cm³/mol.